The van der Waals surface area contributed by atoms with Gasteiger partial charge in [-0.3, -0.25) is 14.6 Å². The first-order chi connectivity index (χ1) is 18.5. The van der Waals surface area contributed by atoms with Crippen molar-refractivity contribution in [3.8, 4) is 23.0 Å². The maximum absolute atomic E-state index is 12.8. The summed E-state index contributed by atoms with van der Waals surface area (Å²) in [5.41, 5.74) is 5.96. The van der Waals surface area contributed by atoms with Gasteiger partial charge in [-0.1, -0.05) is 19.9 Å². The molecule has 4 N–H and O–H groups in total. The number of fused-ring (bicyclic) bond motifs is 9. The Morgan fingerprint density at radius 3 is 2.49 bits per heavy atom. The summed E-state index contributed by atoms with van der Waals surface area (Å²) >= 11 is 0. The quantitative estimate of drug-likeness (QED) is 0.471. The van der Waals surface area contributed by atoms with Crippen molar-refractivity contribution in [1.29, 1.82) is 0 Å². The van der Waals surface area contributed by atoms with Gasteiger partial charge < -0.3 is 30.1 Å². The van der Waals surface area contributed by atoms with E-state index in [1.54, 1.807) is 0 Å². The van der Waals surface area contributed by atoms with Gasteiger partial charge in [0, 0.05) is 41.3 Å². The summed E-state index contributed by atoms with van der Waals surface area (Å²) in [5, 5.41) is 37.9. The van der Waals surface area contributed by atoms with Gasteiger partial charge in [0.05, 0.1) is 18.1 Å². The lowest BCUT2D eigenvalue weighted by Crippen LogP contribution is -2.69. The standard InChI is InChI=1S/C30H39N3O6/c1-13(2)7-22(34)31-11-21-24-18(26(35)16(5)28-29(24)39-12-38-28)10-19-25-23-17(8-14(3)15(4)27(23)36)9-20(32(25)6)30(37)33(19)21/h8,13,19-21,25,30,35-37H,7,9-12H2,1-6H3,(H,31,34)/t19?,20-,21-,25?,30-/m0/s1. The number of aliphatic hydroxyl groups is 1. The number of benzene rings is 2. The molecule has 0 spiro atoms. The van der Waals surface area contributed by atoms with Crippen molar-refractivity contribution in [3.63, 3.8) is 0 Å². The van der Waals surface area contributed by atoms with Crippen LogP contribution in [0.2, 0.25) is 0 Å². The van der Waals surface area contributed by atoms with Crippen molar-refractivity contribution in [3.05, 3.63) is 45.0 Å². The Morgan fingerprint density at radius 2 is 1.77 bits per heavy atom. The van der Waals surface area contributed by atoms with Crippen LogP contribution in [-0.2, 0) is 17.6 Å². The summed E-state index contributed by atoms with van der Waals surface area (Å²) in [5.74, 6) is 1.71. The topological polar surface area (TPSA) is 115 Å². The number of carbonyl (C=O) groups is 1. The van der Waals surface area contributed by atoms with Gasteiger partial charge in [-0.05, 0) is 63.3 Å². The number of piperazine rings is 1. The SMILES string of the molecule is Cc1cc2c(c(O)c1C)C1C3Cc4c(O)c(C)c5c(c4[C@H](CNC(=O)CC(C)C)N3[C@@H](O)[C@H](C2)N1C)OCO5. The molecule has 2 aromatic rings. The lowest BCUT2D eigenvalue weighted by molar-refractivity contribution is -0.172. The van der Waals surface area contributed by atoms with Crippen LogP contribution in [0, 0.1) is 26.7 Å². The zero-order valence-corrected chi connectivity index (χ0v) is 23.5. The number of amides is 1. The first-order valence-electron chi connectivity index (χ1n) is 13.9. The van der Waals surface area contributed by atoms with Crippen LogP contribution in [0.1, 0.15) is 71.3 Å². The van der Waals surface area contributed by atoms with Gasteiger partial charge in [-0.15, -0.1) is 0 Å². The molecular formula is C30H39N3O6. The lowest BCUT2D eigenvalue weighted by atomic mass is 9.73. The van der Waals surface area contributed by atoms with E-state index in [-0.39, 0.29) is 49.0 Å². The van der Waals surface area contributed by atoms with Gasteiger partial charge in [0.25, 0.3) is 0 Å². The smallest absolute Gasteiger partial charge is 0.231 e. The number of hydrogen-bond donors (Lipinski definition) is 4. The number of likely N-dealkylation sites (N-methyl/N-ethyl adjacent to an activating group) is 1. The Balaban J connectivity index is 1.52. The number of hydrogen-bond acceptors (Lipinski definition) is 8. The van der Waals surface area contributed by atoms with Crippen LogP contribution in [0.15, 0.2) is 6.07 Å². The average Bonchev–Trinajstić information content (AvgIpc) is 3.37. The van der Waals surface area contributed by atoms with Crippen molar-refractivity contribution < 1.29 is 29.6 Å². The average molecular weight is 538 g/mol. The molecule has 6 rings (SSSR count). The summed E-state index contributed by atoms with van der Waals surface area (Å²) in [6, 6.07) is 0.993. The predicted octanol–water partition coefficient (Wildman–Crippen LogP) is 3.11. The van der Waals surface area contributed by atoms with Crippen LogP contribution in [0.4, 0.5) is 0 Å². The number of phenolic OH excluding ortho intramolecular Hbond substituents is 2. The largest absolute Gasteiger partial charge is 0.507 e. The molecule has 210 valence electrons. The van der Waals surface area contributed by atoms with Crippen molar-refractivity contribution in [2.45, 2.75) is 84.3 Å². The minimum Gasteiger partial charge on any atom is -0.507 e. The number of ether oxygens (including phenoxy) is 2. The van der Waals surface area contributed by atoms with Crippen molar-refractivity contribution >= 4 is 5.91 Å². The Labute approximate surface area is 229 Å². The molecule has 0 aliphatic carbocycles. The lowest BCUT2D eigenvalue weighted by Gasteiger charge is -2.60. The van der Waals surface area contributed by atoms with E-state index >= 15 is 0 Å². The molecule has 0 saturated carbocycles. The number of nitrogens with zero attached hydrogens (tertiary/aromatic N) is 2. The van der Waals surface area contributed by atoms with Gasteiger partial charge in [0.1, 0.15) is 17.7 Å². The van der Waals surface area contributed by atoms with E-state index in [4.69, 9.17) is 9.47 Å². The first kappa shape index (κ1) is 26.2. The van der Waals surface area contributed by atoms with Crippen LogP contribution in [0.25, 0.3) is 0 Å². The molecule has 1 amide bonds. The summed E-state index contributed by atoms with van der Waals surface area (Å²) in [7, 11) is 2.01. The predicted molar refractivity (Wildman–Crippen MR) is 145 cm³/mol. The highest BCUT2D eigenvalue weighted by atomic mass is 16.7. The van der Waals surface area contributed by atoms with Crippen LogP contribution < -0.4 is 14.8 Å². The fourth-order valence-electron chi connectivity index (χ4n) is 7.37. The molecule has 1 saturated heterocycles. The van der Waals surface area contributed by atoms with E-state index in [0.29, 0.717) is 42.1 Å². The van der Waals surface area contributed by atoms with E-state index in [9.17, 15) is 20.1 Å². The molecule has 2 aromatic carbocycles. The fourth-order valence-corrected chi connectivity index (χ4v) is 7.37. The van der Waals surface area contributed by atoms with Gasteiger partial charge in [0.15, 0.2) is 11.5 Å². The second-order valence-electron chi connectivity index (χ2n) is 12.1. The normalized spacial score (nSPS) is 27.2. The highest BCUT2D eigenvalue weighted by Gasteiger charge is 2.56. The molecule has 9 heteroatoms. The molecule has 0 radical (unpaired) electrons. The monoisotopic (exact) mass is 537 g/mol. The Bertz CT molecular complexity index is 1360. The Kier molecular flexibility index (Phi) is 6.24. The number of aliphatic hydroxyl groups excluding tert-OH is 1. The summed E-state index contributed by atoms with van der Waals surface area (Å²) in [4.78, 5) is 17.1. The zero-order chi connectivity index (χ0) is 27.9. The maximum Gasteiger partial charge on any atom is 0.231 e. The molecule has 9 nitrogen and oxygen atoms in total. The maximum atomic E-state index is 12.8. The van der Waals surface area contributed by atoms with E-state index in [2.05, 4.69) is 21.2 Å². The summed E-state index contributed by atoms with van der Waals surface area (Å²) in [6.07, 6.45) is 0.600. The van der Waals surface area contributed by atoms with Gasteiger partial charge in [-0.2, -0.15) is 0 Å². The third-order valence-electron chi connectivity index (χ3n) is 9.38. The van der Waals surface area contributed by atoms with Gasteiger partial charge in [0.2, 0.25) is 12.7 Å². The summed E-state index contributed by atoms with van der Waals surface area (Å²) < 4.78 is 11.7. The second kappa shape index (κ2) is 9.28. The molecule has 4 heterocycles. The first-order valence-corrected chi connectivity index (χ1v) is 13.9. The number of aromatic hydroxyl groups is 2. The van der Waals surface area contributed by atoms with Crippen molar-refractivity contribution in [2.24, 2.45) is 5.92 Å². The van der Waals surface area contributed by atoms with Crippen LogP contribution in [0.5, 0.6) is 23.0 Å². The number of aryl methyl sites for hydroxylation is 1. The minimum absolute atomic E-state index is 0.0539. The van der Waals surface area contributed by atoms with Crippen LogP contribution in [-0.4, -0.2) is 69.7 Å². The highest BCUT2D eigenvalue weighted by Crippen LogP contribution is 2.57. The van der Waals surface area contributed by atoms with Gasteiger partial charge >= 0.3 is 0 Å². The zero-order valence-electron chi connectivity index (χ0n) is 23.5. The van der Waals surface area contributed by atoms with Crippen molar-refractivity contribution in [2.75, 3.05) is 20.4 Å². The molecule has 39 heavy (non-hydrogen) atoms. The molecule has 4 aliphatic heterocycles. The summed E-state index contributed by atoms with van der Waals surface area (Å²) in [6.45, 7) is 10.1. The molecular weight excluding hydrogens is 498 g/mol. The van der Waals surface area contributed by atoms with E-state index in [1.807, 2.05) is 41.7 Å². The van der Waals surface area contributed by atoms with Crippen molar-refractivity contribution in [1.82, 2.24) is 15.1 Å². The molecule has 5 atom stereocenters. The minimum atomic E-state index is -0.838. The number of carbonyl (C=O) groups excluding carboxylic acids is 1. The van der Waals surface area contributed by atoms with E-state index < -0.39 is 12.3 Å². The van der Waals surface area contributed by atoms with Crippen LogP contribution >= 0.6 is 0 Å². The third kappa shape index (κ3) is 3.81. The highest BCUT2D eigenvalue weighted by molar-refractivity contribution is 5.76. The molecule has 4 aliphatic rings. The number of nitrogens with one attached hydrogen (secondary N) is 1. The third-order valence-corrected chi connectivity index (χ3v) is 9.38. The van der Waals surface area contributed by atoms with Crippen LogP contribution in [0.3, 0.4) is 0 Å². The second-order valence-corrected chi connectivity index (χ2v) is 12.1. The number of phenols is 2. The Morgan fingerprint density at radius 1 is 1.05 bits per heavy atom. The molecule has 2 bridgehead atoms. The van der Waals surface area contributed by atoms with Gasteiger partial charge in [-0.25, -0.2) is 0 Å². The number of rotatable bonds is 4. The molecule has 1 fully saturated rings. The van der Waals surface area contributed by atoms with E-state index in [1.165, 1.54) is 0 Å². The molecule has 2 unspecified atom stereocenters. The Hall–Kier alpha value is -3.01. The fraction of sp³-hybridized carbons (Fsp3) is 0.567. The molecule has 0 aromatic heterocycles. The van der Waals surface area contributed by atoms with E-state index in [0.717, 1.165) is 33.4 Å².